The largest absolute Gasteiger partial charge is 0.497 e. The highest BCUT2D eigenvalue weighted by Crippen LogP contribution is 2.31. The van der Waals surface area contributed by atoms with Crippen LogP contribution < -0.4 is 19.5 Å². The number of thioether (sulfide) groups is 1. The molecule has 3 rings (SSSR count). The number of methoxy groups -OCH3 is 2. The van der Waals surface area contributed by atoms with E-state index in [1.165, 1.54) is 37.1 Å². The summed E-state index contributed by atoms with van der Waals surface area (Å²) < 4.78 is 31.2. The molecule has 1 unspecified atom stereocenters. The number of anilines is 1. The Morgan fingerprint density at radius 2 is 1.94 bits per heavy atom. The average molecular weight is 481 g/mol. The van der Waals surface area contributed by atoms with Crippen LogP contribution in [0.5, 0.6) is 17.2 Å². The molecule has 0 bridgehead atoms. The van der Waals surface area contributed by atoms with Crippen LogP contribution in [-0.2, 0) is 11.8 Å². The number of aromatic nitrogens is 3. The minimum Gasteiger partial charge on any atom is -0.497 e. The predicted molar refractivity (Wildman–Crippen MR) is 120 cm³/mol. The van der Waals surface area contributed by atoms with Crippen LogP contribution in [0.2, 0.25) is 5.02 Å². The second kappa shape index (κ2) is 10.6. The van der Waals surface area contributed by atoms with Gasteiger partial charge in [-0.3, -0.25) is 4.79 Å². The maximum absolute atomic E-state index is 13.2. The van der Waals surface area contributed by atoms with Gasteiger partial charge in [0.2, 0.25) is 5.91 Å². The lowest BCUT2D eigenvalue weighted by molar-refractivity contribution is -0.113. The van der Waals surface area contributed by atoms with Gasteiger partial charge in [-0.05, 0) is 37.3 Å². The lowest BCUT2D eigenvalue weighted by Gasteiger charge is -2.15. The molecular formula is C21H22ClFN4O4S. The third-order valence-electron chi connectivity index (χ3n) is 4.44. The molecule has 1 amide bonds. The van der Waals surface area contributed by atoms with Crippen LogP contribution in [0.25, 0.3) is 0 Å². The van der Waals surface area contributed by atoms with E-state index in [9.17, 15) is 9.18 Å². The van der Waals surface area contributed by atoms with E-state index in [4.69, 9.17) is 25.8 Å². The van der Waals surface area contributed by atoms with Crippen LogP contribution in [0, 0.1) is 5.82 Å². The van der Waals surface area contributed by atoms with Crippen LogP contribution in [0.1, 0.15) is 18.9 Å². The topological polar surface area (TPSA) is 87.5 Å². The fourth-order valence-electron chi connectivity index (χ4n) is 2.85. The highest BCUT2D eigenvalue weighted by Gasteiger charge is 2.19. The summed E-state index contributed by atoms with van der Waals surface area (Å²) in [6.45, 7) is 1.78. The van der Waals surface area contributed by atoms with Crippen molar-refractivity contribution < 1.29 is 23.4 Å². The minimum absolute atomic E-state index is 0.103. The van der Waals surface area contributed by atoms with E-state index in [-0.39, 0.29) is 16.7 Å². The number of nitrogens with one attached hydrogen (secondary N) is 1. The number of carbonyl (C=O) groups is 1. The second-order valence-electron chi connectivity index (χ2n) is 6.64. The Bertz CT molecular complexity index is 1110. The van der Waals surface area contributed by atoms with Crippen molar-refractivity contribution in [3.63, 3.8) is 0 Å². The van der Waals surface area contributed by atoms with Crippen LogP contribution in [0.3, 0.4) is 0 Å². The number of nitrogens with zero attached hydrogens (tertiary/aromatic N) is 3. The molecule has 1 N–H and O–H groups in total. The Kier molecular flexibility index (Phi) is 7.81. The molecule has 170 valence electrons. The van der Waals surface area contributed by atoms with Crippen molar-refractivity contribution >= 4 is 35.0 Å². The Balaban J connectivity index is 1.63. The molecule has 0 aliphatic rings. The Morgan fingerprint density at radius 1 is 1.19 bits per heavy atom. The zero-order valence-corrected chi connectivity index (χ0v) is 19.5. The monoisotopic (exact) mass is 480 g/mol. The van der Waals surface area contributed by atoms with Gasteiger partial charge in [0, 0.05) is 13.1 Å². The molecule has 0 spiro atoms. The molecule has 0 saturated heterocycles. The zero-order chi connectivity index (χ0) is 23.3. The molecule has 0 fully saturated rings. The molecule has 1 aromatic heterocycles. The summed E-state index contributed by atoms with van der Waals surface area (Å²) in [7, 11) is 4.84. The summed E-state index contributed by atoms with van der Waals surface area (Å²) in [4.78, 5) is 12.5. The first kappa shape index (κ1) is 23.7. The number of hydrogen-bond acceptors (Lipinski definition) is 7. The van der Waals surface area contributed by atoms with Crippen LogP contribution >= 0.6 is 23.4 Å². The SMILES string of the molecule is COc1ccc(OC)c(NC(=O)CSc2nnc(C(C)Oc3ccc(F)cc3Cl)n2C)c1. The average Bonchev–Trinajstić information content (AvgIpc) is 3.14. The fraction of sp³-hybridized carbons (Fsp3) is 0.286. The van der Waals surface area contributed by atoms with E-state index >= 15 is 0 Å². The summed E-state index contributed by atoms with van der Waals surface area (Å²) >= 11 is 7.25. The van der Waals surface area contributed by atoms with E-state index in [2.05, 4.69) is 15.5 Å². The Labute approximate surface area is 194 Å². The van der Waals surface area contributed by atoms with Crippen LogP contribution in [0.15, 0.2) is 41.6 Å². The summed E-state index contributed by atoms with van der Waals surface area (Å²) in [5, 5.41) is 11.8. The van der Waals surface area contributed by atoms with Crippen molar-refractivity contribution in [1.29, 1.82) is 0 Å². The summed E-state index contributed by atoms with van der Waals surface area (Å²) in [6.07, 6.45) is -0.500. The fourth-order valence-corrected chi connectivity index (χ4v) is 3.78. The molecular weight excluding hydrogens is 459 g/mol. The lowest BCUT2D eigenvalue weighted by atomic mass is 10.2. The summed E-state index contributed by atoms with van der Waals surface area (Å²) in [5.74, 6) is 1.40. The molecule has 8 nitrogen and oxygen atoms in total. The smallest absolute Gasteiger partial charge is 0.234 e. The summed E-state index contributed by atoms with van der Waals surface area (Å²) in [5.41, 5.74) is 0.509. The molecule has 32 heavy (non-hydrogen) atoms. The van der Waals surface area contributed by atoms with Crippen molar-refractivity contribution in [2.75, 3.05) is 25.3 Å². The van der Waals surface area contributed by atoms with Crippen molar-refractivity contribution in [3.05, 3.63) is 53.1 Å². The Morgan fingerprint density at radius 3 is 2.62 bits per heavy atom. The number of hydrogen-bond donors (Lipinski definition) is 1. The standard InChI is InChI=1S/C21H22ClFN4O4S/c1-12(31-17-7-5-13(23)9-15(17)22)20-25-26-21(27(20)2)32-11-19(28)24-16-10-14(29-3)6-8-18(16)30-4/h5-10,12H,11H2,1-4H3,(H,24,28). The number of benzene rings is 2. The van der Waals surface area contributed by atoms with Crippen molar-refractivity contribution in [1.82, 2.24) is 14.8 Å². The normalized spacial score (nSPS) is 11.7. The van der Waals surface area contributed by atoms with Crippen LogP contribution in [-0.4, -0.2) is 40.6 Å². The van der Waals surface area contributed by atoms with Crippen molar-refractivity contribution in [2.24, 2.45) is 7.05 Å². The third kappa shape index (κ3) is 5.63. The maximum atomic E-state index is 13.2. The molecule has 0 aliphatic heterocycles. The third-order valence-corrected chi connectivity index (χ3v) is 5.76. The molecule has 0 aliphatic carbocycles. The molecule has 1 atom stereocenters. The number of amides is 1. The van der Waals surface area contributed by atoms with Gasteiger partial charge in [0.15, 0.2) is 17.1 Å². The van der Waals surface area contributed by atoms with Crippen molar-refractivity contribution in [3.8, 4) is 17.2 Å². The number of rotatable bonds is 9. The highest BCUT2D eigenvalue weighted by molar-refractivity contribution is 7.99. The van der Waals surface area contributed by atoms with Crippen molar-refractivity contribution in [2.45, 2.75) is 18.2 Å². The quantitative estimate of drug-likeness (QED) is 0.451. The first-order valence-electron chi connectivity index (χ1n) is 9.48. The van der Waals surface area contributed by atoms with Gasteiger partial charge in [-0.25, -0.2) is 4.39 Å². The second-order valence-corrected chi connectivity index (χ2v) is 7.99. The van der Waals surface area contributed by atoms with Gasteiger partial charge in [0.1, 0.15) is 23.1 Å². The maximum Gasteiger partial charge on any atom is 0.234 e. The van der Waals surface area contributed by atoms with Gasteiger partial charge in [0.05, 0.1) is 30.7 Å². The van der Waals surface area contributed by atoms with Gasteiger partial charge < -0.3 is 24.1 Å². The number of halogens is 2. The van der Waals surface area contributed by atoms with Gasteiger partial charge >= 0.3 is 0 Å². The van der Waals surface area contributed by atoms with E-state index in [0.717, 1.165) is 0 Å². The predicted octanol–water partition coefficient (Wildman–Crippen LogP) is 4.50. The highest BCUT2D eigenvalue weighted by atomic mass is 35.5. The first-order valence-corrected chi connectivity index (χ1v) is 10.8. The molecule has 11 heteroatoms. The summed E-state index contributed by atoms with van der Waals surface area (Å²) in [6, 6.07) is 9.04. The molecule has 0 radical (unpaired) electrons. The molecule has 2 aromatic carbocycles. The zero-order valence-electron chi connectivity index (χ0n) is 17.9. The molecule has 1 heterocycles. The van der Waals surface area contributed by atoms with E-state index < -0.39 is 11.9 Å². The van der Waals surface area contributed by atoms with Gasteiger partial charge in [0.25, 0.3) is 0 Å². The lowest BCUT2D eigenvalue weighted by Crippen LogP contribution is -2.15. The minimum atomic E-state index is -0.500. The van der Waals surface area contributed by atoms with Gasteiger partial charge in [-0.15, -0.1) is 10.2 Å². The number of carbonyl (C=O) groups excluding carboxylic acids is 1. The van der Waals surface area contributed by atoms with E-state index in [1.54, 1.807) is 43.8 Å². The Hall–Kier alpha value is -2.98. The number of ether oxygens (including phenoxy) is 3. The molecule has 0 saturated carbocycles. The molecule has 3 aromatic rings. The van der Waals surface area contributed by atoms with Crippen LogP contribution in [0.4, 0.5) is 10.1 Å². The van der Waals surface area contributed by atoms with E-state index in [1.807, 2.05) is 0 Å². The van der Waals surface area contributed by atoms with Gasteiger partial charge in [-0.2, -0.15) is 0 Å². The van der Waals surface area contributed by atoms with E-state index in [0.29, 0.717) is 33.9 Å². The van der Waals surface area contributed by atoms with Gasteiger partial charge in [-0.1, -0.05) is 23.4 Å². The first-order chi connectivity index (χ1) is 15.3.